The van der Waals surface area contributed by atoms with Gasteiger partial charge in [-0.3, -0.25) is 4.57 Å². The van der Waals surface area contributed by atoms with Crippen LogP contribution in [-0.4, -0.2) is 56.0 Å². The van der Waals surface area contributed by atoms with Gasteiger partial charge in [0.25, 0.3) is 0 Å². The first-order valence-corrected chi connectivity index (χ1v) is 8.22. The van der Waals surface area contributed by atoms with Crippen molar-refractivity contribution in [2.75, 3.05) is 19.5 Å². The molecule has 2 aliphatic rings. The van der Waals surface area contributed by atoms with Crippen molar-refractivity contribution in [2.24, 2.45) is 0 Å². The van der Waals surface area contributed by atoms with Crippen molar-refractivity contribution in [1.82, 2.24) is 19.5 Å². The van der Waals surface area contributed by atoms with Gasteiger partial charge < -0.3 is 29.1 Å². The highest BCUT2D eigenvalue weighted by Gasteiger charge is 2.59. The van der Waals surface area contributed by atoms with Crippen molar-refractivity contribution < 1.29 is 27.8 Å². The number of halogens is 1. The molecule has 3 N–H and O–H groups in total. The van der Waals surface area contributed by atoms with E-state index in [1.54, 1.807) is 0 Å². The molecule has 12 heteroatoms. The van der Waals surface area contributed by atoms with Crippen LogP contribution in [0.3, 0.4) is 0 Å². The summed E-state index contributed by atoms with van der Waals surface area (Å²) in [7, 11) is -0.691. The summed E-state index contributed by atoms with van der Waals surface area (Å²) in [4.78, 5) is 21.7. The van der Waals surface area contributed by atoms with Crippen LogP contribution in [0.15, 0.2) is 6.33 Å². The largest absolute Gasteiger partial charge is 0.479 e. The molecule has 0 radical (unpaired) electrons. The van der Waals surface area contributed by atoms with Crippen LogP contribution in [0.4, 0.5) is 10.3 Å². The molecule has 130 valence electrons. The van der Waals surface area contributed by atoms with Gasteiger partial charge in [-0.1, -0.05) is 0 Å². The number of ether oxygens (including phenoxy) is 2. The third-order valence-corrected chi connectivity index (χ3v) is 4.86. The topological polar surface area (TPSA) is 127 Å². The number of imidazole rings is 1. The van der Waals surface area contributed by atoms with Gasteiger partial charge in [0.05, 0.1) is 20.0 Å². The lowest BCUT2D eigenvalue weighted by Crippen LogP contribution is -2.44. The molecule has 4 rings (SSSR count). The summed E-state index contributed by atoms with van der Waals surface area (Å²) in [6.07, 6.45) is -1.33. The number of nitrogens with two attached hydrogens (primary N) is 1. The summed E-state index contributed by atoms with van der Waals surface area (Å²) in [6.45, 7) is 1.38. The maximum Gasteiger partial charge on any atom is 0.330 e. The maximum atomic E-state index is 15.4. The highest BCUT2D eigenvalue weighted by molar-refractivity contribution is 7.40. The first-order valence-electron chi connectivity index (χ1n) is 7.09. The summed E-state index contributed by atoms with van der Waals surface area (Å²) < 4.78 is 37.9. The van der Waals surface area contributed by atoms with E-state index in [9.17, 15) is 4.89 Å². The van der Waals surface area contributed by atoms with E-state index in [0.717, 1.165) is 0 Å². The monoisotopic (exact) mass is 359 g/mol. The molecule has 0 spiro atoms. The molecule has 4 heterocycles. The Balaban J connectivity index is 1.79. The van der Waals surface area contributed by atoms with Crippen LogP contribution in [0.5, 0.6) is 5.88 Å². The van der Waals surface area contributed by atoms with Crippen molar-refractivity contribution in [3.63, 3.8) is 0 Å². The number of rotatable bonds is 2. The van der Waals surface area contributed by atoms with Crippen LogP contribution in [0, 0.1) is 0 Å². The second kappa shape index (κ2) is 5.43. The second-order valence-corrected chi connectivity index (χ2v) is 6.60. The Kier molecular flexibility index (Phi) is 3.59. The van der Waals surface area contributed by atoms with Crippen molar-refractivity contribution in [1.29, 1.82) is 0 Å². The van der Waals surface area contributed by atoms with Gasteiger partial charge in [0.1, 0.15) is 12.2 Å². The van der Waals surface area contributed by atoms with Crippen LogP contribution < -0.4 is 10.5 Å². The fourth-order valence-corrected chi connectivity index (χ4v) is 3.87. The lowest BCUT2D eigenvalue weighted by Gasteiger charge is -2.31. The number of hydrogen-bond acceptors (Lipinski definition) is 9. The molecule has 0 saturated carbocycles. The van der Waals surface area contributed by atoms with E-state index in [1.807, 2.05) is 0 Å². The number of anilines is 1. The van der Waals surface area contributed by atoms with Gasteiger partial charge in [-0.25, -0.2) is 9.37 Å². The van der Waals surface area contributed by atoms with Gasteiger partial charge in [-0.05, 0) is 6.92 Å². The molecular weight excluding hydrogens is 344 g/mol. The predicted octanol–water partition coefficient (Wildman–Crippen LogP) is 0.677. The van der Waals surface area contributed by atoms with Gasteiger partial charge in [0.15, 0.2) is 23.1 Å². The SMILES string of the molecule is COc1nc(N)nc2c1ncn2[C@@H]1O[C@@H]2CO[P@](O)O[C@H]2[C@@]1(C)F. The summed E-state index contributed by atoms with van der Waals surface area (Å²) >= 11 is 0. The van der Waals surface area contributed by atoms with Crippen LogP contribution in [0.2, 0.25) is 0 Å². The fourth-order valence-electron chi connectivity index (χ4n) is 2.99. The molecule has 0 aromatic carbocycles. The Morgan fingerprint density at radius 3 is 3.08 bits per heavy atom. The van der Waals surface area contributed by atoms with Gasteiger partial charge in [0, 0.05) is 0 Å². The zero-order valence-corrected chi connectivity index (χ0v) is 13.7. The molecule has 2 fully saturated rings. The minimum atomic E-state index is -2.12. The summed E-state index contributed by atoms with van der Waals surface area (Å²) in [5.74, 6) is 0.154. The minimum absolute atomic E-state index is 0.0319. The molecule has 2 aliphatic heterocycles. The molecule has 10 nitrogen and oxygen atoms in total. The highest BCUT2D eigenvalue weighted by atomic mass is 31.2. The molecule has 2 aromatic rings. The van der Waals surface area contributed by atoms with E-state index >= 15 is 4.39 Å². The molecule has 0 bridgehead atoms. The number of nitrogen functional groups attached to an aromatic ring is 1. The zero-order chi connectivity index (χ0) is 17.1. The molecule has 0 amide bonds. The molecule has 5 atom stereocenters. The number of aromatic nitrogens is 4. The molecule has 0 unspecified atom stereocenters. The summed E-state index contributed by atoms with van der Waals surface area (Å²) in [5.41, 5.74) is 4.34. The molecule has 2 aromatic heterocycles. The predicted molar refractivity (Wildman–Crippen MR) is 79.7 cm³/mol. The number of fused-ring (bicyclic) bond motifs is 2. The molecule has 24 heavy (non-hydrogen) atoms. The molecule has 2 saturated heterocycles. The second-order valence-electron chi connectivity index (χ2n) is 5.65. The van der Waals surface area contributed by atoms with Crippen LogP contribution >= 0.6 is 8.60 Å². The van der Waals surface area contributed by atoms with Crippen molar-refractivity contribution in [2.45, 2.75) is 31.0 Å². The lowest BCUT2D eigenvalue weighted by atomic mass is 9.98. The van der Waals surface area contributed by atoms with Crippen molar-refractivity contribution >= 4 is 25.7 Å². The average Bonchev–Trinajstić information content (AvgIpc) is 3.05. The molecule has 0 aliphatic carbocycles. The Hall–Kier alpha value is -1.65. The van der Waals surface area contributed by atoms with Gasteiger partial charge in [0.2, 0.25) is 11.8 Å². The van der Waals surface area contributed by atoms with E-state index in [-0.39, 0.29) is 24.1 Å². The summed E-state index contributed by atoms with van der Waals surface area (Å²) in [6, 6.07) is 0. The van der Waals surface area contributed by atoms with Crippen LogP contribution in [-0.2, 0) is 13.8 Å². The number of hydrogen-bond donors (Lipinski definition) is 2. The first-order chi connectivity index (χ1) is 11.4. The minimum Gasteiger partial charge on any atom is -0.479 e. The number of methoxy groups -OCH3 is 1. The Labute approximate surface area is 136 Å². The molecular formula is C12H15FN5O5P. The normalized spacial score (nSPS) is 36.0. The zero-order valence-electron chi connectivity index (χ0n) is 12.8. The number of alkyl halides is 1. The Morgan fingerprint density at radius 1 is 1.54 bits per heavy atom. The highest BCUT2D eigenvalue weighted by Crippen LogP contribution is 2.52. The van der Waals surface area contributed by atoms with E-state index in [2.05, 4.69) is 15.0 Å². The average molecular weight is 359 g/mol. The maximum absolute atomic E-state index is 15.4. The summed E-state index contributed by atoms with van der Waals surface area (Å²) in [5, 5.41) is 0. The van der Waals surface area contributed by atoms with E-state index < -0.39 is 32.7 Å². The van der Waals surface area contributed by atoms with Gasteiger partial charge >= 0.3 is 8.60 Å². The standard InChI is InChI=1S/C12H15FN5O5P/c1-12(13)7-5(3-21-24(19)23-7)22-10(12)18-4-15-6-8(18)16-11(14)17-9(6)20-2/h4-5,7,10,19H,3H2,1-2H3,(H2,14,16,17)/t5-,7-,10-,12-,24+/m1/s1. The van der Waals surface area contributed by atoms with Crippen molar-refractivity contribution in [3.05, 3.63) is 6.33 Å². The fraction of sp³-hybridized carbons (Fsp3) is 0.583. The first kappa shape index (κ1) is 15.9. The van der Waals surface area contributed by atoms with Crippen LogP contribution in [0.25, 0.3) is 11.2 Å². The van der Waals surface area contributed by atoms with Crippen LogP contribution in [0.1, 0.15) is 13.2 Å². The van der Waals surface area contributed by atoms with Gasteiger partial charge in [-0.15, -0.1) is 0 Å². The Bertz CT molecular complexity index is 789. The van der Waals surface area contributed by atoms with E-state index in [0.29, 0.717) is 5.52 Å². The smallest absolute Gasteiger partial charge is 0.330 e. The lowest BCUT2D eigenvalue weighted by molar-refractivity contribution is -0.0601. The van der Waals surface area contributed by atoms with Gasteiger partial charge in [-0.2, -0.15) is 9.97 Å². The third-order valence-electron chi connectivity index (χ3n) is 4.09. The van der Waals surface area contributed by atoms with Crippen molar-refractivity contribution in [3.8, 4) is 5.88 Å². The van der Waals surface area contributed by atoms with E-state index in [4.69, 9.17) is 24.3 Å². The Morgan fingerprint density at radius 2 is 2.33 bits per heavy atom. The van der Waals surface area contributed by atoms with E-state index in [1.165, 1.54) is 24.9 Å². The third kappa shape index (κ3) is 2.24. The number of nitrogens with zero attached hydrogens (tertiary/aromatic N) is 4. The quantitative estimate of drug-likeness (QED) is 0.744.